The highest BCUT2D eigenvalue weighted by Crippen LogP contribution is 2.28. The van der Waals surface area contributed by atoms with Crippen LogP contribution in [0.25, 0.3) is 0 Å². The number of amides is 1. The molecule has 1 aliphatic heterocycles. The molecule has 1 saturated carbocycles. The Kier molecular flexibility index (Phi) is 3.69. The second kappa shape index (κ2) is 5.98. The molecule has 1 aliphatic carbocycles. The fraction of sp³-hybridized carbons (Fsp3) is 0.500. The summed E-state index contributed by atoms with van der Waals surface area (Å²) in [6.07, 6.45) is 7.71. The lowest BCUT2D eigenvalue weighted by Gasteiger charge is -2.23. The first kappa shape index (κ1) is 14.2. The number of nitrogens with zero attached hydrogens (tertiary/aromatic N) is 5. The monoisotopic (exact) mass is 312 g/mol. The molecule has 23 heavy (non-hydrogen) atoms. The molecule has 0 saturated heterocycles. The SMILES string of the molecule is O=C(NCC1CC1)C1CN(c2ncccn2)Cc2ccnn2C1. The minimum Gasteiger partial charge on any atom is -0.355 e. The van der Waals surface area contributed by atoms with Crippen molar-refractivity contribution in [2.24, 2.45) is 11.8 Å². The third kappa shape index (κ3) is 3.18. The van der Waals surface area contributed by atoms with Crippen molar-refractivity contribution in [3.8, 4) is 0 Å². The van der Waals surface area contributed by atoms with Crippen molar-refractivity contribution in [2.45, 2.75) is 25.9 Å². The van der Waals surface area contributed by atoms with E-state index >= 15 is 0 Å². The Hall–Kier alpha value is -2.44. The highest BCUT2D eigenvalue weighted by molar-refractivity contribution is 5.79. The first-order chi connectivity index (χ1) is 11.3. The molecular formula is C16H20N6O. The lowest BCUT2D eigenvalue weighted by molar-refractivity contribution is -0.125. The van der Waals surface area contributed by atoms with Gasteiger partial charge in [0, 0.05) is 31.7 Å². The van der Waals surface area contributed by atoms with Crippen LogP contribution >= 0.6 is 0 Å². The van der Waals surface area contributed by atoms with Gasteiger partial charge in [-0.3, -0.25) is 9.48 Å². The van der Waals surface area contributed by atoms with Crippen LogP contribution < -0.4 is 10.2 Å². The fourth-order valence-corrected chi connectivity index (χ4v) is 2.94. The standard InChI is InChI=1S/C16H20N6O/c23-15(19-8-12-2-3-12)13-9-21(16-17-5-1-6-18-16)11-14-4-7-20-22(14)10-13/h1,4-7,12-13H,2-3,8-11H2,(H,19,23). The number of hydrogen-bond acceptors (Lipinski definition) is 5. The Morgan fingerprint density at radius 2 is 2.04 bits per heavy atom. The lowest BCUT2D eigenvalue weighted by atomic mass is 10.1. The van der Waals surface area contributed by atoms with Gasteiger partial charge < -0.3 is 10.2 Å². The summed E-state index contributed by atoms with van der Waals surface area (Å²) >= 11 is 0. The van der Waals surface area contributed by atoms with Gasteiger partial charge in [0.1, 0.15) is 0 Å². The quantitative estimate of drug-likeness (QED) is 0.905. The van der Waals surface area contributed by atoms with Gasteiger partial charge in [-0.2, -0.15) is 5.10 Å². The highest BCUT2D eigenvalue weighted by atomic mass is 16.1. The van der Waals surface area contributed by atoms with Crippen LogP contribution in [0.1, 0.15) is 18.5 Å². The summed E-state index contributed by atoms with van der Waals surface area (Å²) in [5, 5.41) is 7.44. The van der Waals surface area contributed by atoms with Crippen LogP contribution in [0.2, 0.25) is 0 Å². The van der Waals surface area contributed by atoms with Crippen molar-refractivity contribution >= 4 is 11.9 Å². The molecule has 1 fully saturated rings. The number of fused-ring (bicyclic) bond motifs is 1. The topological polar surface area (TPSA) is 75.9 Å². The van der Waals surface area contributed by atoms with Gasteiger partial charge in [0.2, 0.25) is 11.9 Å². The molecule has 2 aromatic rings. The molecule has 0 aromatic carbocycles. The van der Waals surface area contributed by atoms with Gasteiger partial charge in [-0.05, 0) is 30.9 Å². The number of aromatic nitrogens is 4. The van der Waals surface area contributed by atoms with Crippen molar-refractivity contribution in [3.63, 3.8) is 0 Å². The van der Waals surface area contributed by atoms with E-state index in [1.807, 2.05) is 10.7 Å². The number of rotatable bonds is 4. The predicted molar refractivity (Wildman–Crippen MR) is 84.5 cm³/mol. The Bertz CT molecular complexity index is 681. The Morgan fingerprint density at radius 1 is 1.22 bits per heavy atom. The van der Waals surface area contributed by atoms with E-state index in [0.29, 0.717) is 31.5 Å². The number of hydrogen-bond donors (Lipinski definition) is 1. The summed E-state index contributed by atoms with van der Waals surface area (Å²) in [7, 11) is 0. The van der Waals surface area contributed by atoms with Crippen LogP contribution in [0.4, 0.5) is 5.95 Å². The maximum Gasteiger partial charge on any atom is 0.226 e. The average molecular weight is 312 g/mol. The summed E-state index contributed by atoms with van der Waals surface area (Å²) in [5.74, 6) is 1.28. The predicted octanol–water partition coefficient (Wildman–Crippen LogP) is 0.836. The van der Waals surface area contributed by atoms with Gasteiger partial charge in [-0.25, -0.2) is 9.97 Å². The number of nitrogens with one attached hydrogen (secondary N) is 1. The third-order valence-electron chi connectivity index (χ3n) is 4.46. The molecule has 1 atom stereocenters. The molecule has 7 heteroatoms. The summed E-state index contributed by atoms with van der Waals surface area (Å²) in [6, 6.07) is 3.78. The smallest absolute Gasteiger partial charge is 0.226 e. The first-order valence-corrected chi connectivity index (χ1v) is 8.10. The van der Waals surface area contributed by atoms with Crippen LogP contribution in [0, 0.1) is 11.8 Å². The fourth-order valence-electron chi connectivity index (χ4n) is 2.94. The number of carbonyl (C=O) groups excluding carboxylic acids is 1. The van der Waals surface area contributed by atoms with E-state index in [1.54, 1.807) is 24.7 Å². The summed E-state index contributed by atoms with van der Waals surface area (Å²) in [5.41, 5.74) is 1.08. The Labute approximate surface area is 134 Å². The van der Waals surface area contributed by atoms with Gasteiger partial charge in [-0.1, -0.05) is 0 Å². The molecule has 0 spiro atoms. The van der Waals surface area contributed by atoms with Gasteiger partial charge in [0.25, 0.3) is 0 Å². The molecule has 3 heterocycles. The second-order valence-electron chi connectivity index (χ2n) is 6.32. The maximum atomic E-state index is 12.6. The zero-order chi connectivity index (χ0) is 15.6. The summed E-state index contributed by atoms with van der Waals surface area (Å²) in [6.45, 7) is 2.66. The van der Waals surface area contributed by atoms with E-state index in [4.69, 9.17) is 0 Å². The van der Waals surface area contributed by atoms with E-state index in [0.717, 1.165) is 12.2 Å². The van der Waals surface area contributed by atoms with Gasteiger partial charge in [0.15, 0.2) is 0 Å². The Morgan fingerprint density at radius 3 is 2.83 bits per heavy atom. The molecule has 1 N–H and O–H groups in total. The molecule has 0 bridgehead atoms. The molecule has 4 rings (SSSR count). The van der Waals surface area contributed by atoms with Crippen molar-refractivity contribution in [3.05, 3.63) is 36.4 Å². The molecule has 1 amide bonds. The second-order valence-corrected chi connectivity index (χ2v) is 6.32. The van der Waals surface area contributed by atoms with E-state index in [-0.39, 0.29) is 11.8 Å². The van der Waals surface area contributed by atoms with Gasteiger partial charge >= 0.3 is 0 Å². The molecule has 2 aromatic heterocycles. The molecule has 7 nitrogen and oxygen atoms in total. The van der Waals surface area contributed by atoms with Gasteiger partial charge in [-0.15, -0.1) is 0 Å². The zero-order valence-corrected chi connectivity index (χ0v) is 12.9. The highest BCUT2D eigenvalue weighted by Gasteiger charge is 2.30. The number of anilines is 1. The molecule has 2 aliphatic rings. The lowest BCUT2D eigenvalue weighted by Crippen LogP contribution is -2.40. The van der Waals surface area contributed by atoms with Crippen LogP contribution in [0.15, 0.2) is 30.7 Å². The minimum absolute atomic E-state index is 0.0983. The van der Waals surface area contributed by atoms with E-state index < -0.39 is 0 Å². The molecular weight excluding hydrogens is 292 g/mol. The number of carbonyl (C=O) groups is 1. The first-order valence-electron chi connectivity index (χ1n) is 8.10. The van der Waals surface area contributed by atoms with Crippen LogP contribution in [0.5, 0.6) is 0 Å². The van der Waals surface area contributed by atoms with E-state index in [1.165, 1.54) is 12.8 Å². The van der Waals surface area contributed by atoms with Gasteiger partial charge in [0.05, 0.1) is 24.7 Å². The minimum atomic E-state index is -0.154. The normalized spacial score (nSPS) is 20.7. The molecule has 0 radical (unpaired) electrons. The summed E-state index contributed by atoms with van der Waals surface area (Å²) in [4.78, 5) is 23.3. The largest absolute Gasteiger partial charge is 0.355 e. The average Bonchev–Trinajstić information content (AvgIpc) is 3.35. The van der Waals surface area contributed by atoms with Crippen molar-refractivity contribution in [1.82, 2.24) is 25.1 Å². The van der Waals surface area contributed by atoms with E-state index in [9.17, 15) is 4.79 Å². The summed E-state index contributed by atoms with van der Waals surface area (Å²) < 4.78 is 1.92. The van der Waals surface area contributed by atoms with Crippen molar-refractivity contribution in [2.75, 3.05) is 18.0 Å². The third-order valence-corrected chi connectivity index (χ3v) is 4.46. The van der Waals surface area contributed by atoms with Crippen LogP contribution in [-0.4, -0.2) is 38.7 Å². The van der Waals surface area contributed by atoms with Crippen molar-refractivity contribution in [1.29, 1.82) is 0 Å². The van der Waals surface area contributed by atoms with Crippen molar-refractivity contribution < 1.29 is 4.79 Å². The Balaban J connectivity index is 1.55. The molecule has 120 valence electrons. The van der Waals surface area contributed by atoms with Crippen LogP contribution in [-0.2, 0) is 17.9 Å². The zero-order valence-electron chi connectivity index (χ0n) is 12.9. The maximum absolute atomic E-state index is 12.6. The van der Waals surface area contributed by atoms with Crippen LogP contribution in [0.3, 0.4) is 0 Å². The van der Waals surface area contributed by atoms with E-state index in [2.05, 4.69) is 25.3 Å². The molecule has 1 unspecified atom stereocenters.